The molecule has 1 amide bonds. The molecule has 1 atom stereocenters. The number of rotatable bonds is 5. The summed E-state index contributed by atoms with van der Waals surface area (Å²) in [7, 11) is 0. The molecule has 3 N–H and O–H groups in total. The maximum Gasteiger partial charge on any atom is 0.264 e. The Balaban J connectivity index is 1.55. The number of hydrogen-bond acceptors (Lipinski definition) is 4. The Morgan fingerprint density at radius 3 is 2.79 bits per heavy atom. The van der Waals surface area contributed by atoms with Crippen molar-refractivity contribution in [3.05, 3.63) is 71.0 Å². The molecule has 0 saturated heterocycles. The van der Waals surface area contributed by atoms with Gasteiger partial charge in [0.15, 0.2) is 0 Å². The Kier molecular flexibility index (Phi) is 4.86. The van der Waals surface area contributed by atoms with Gasteiger partial charge in [0, 0.05) is 25.1 Å². The van der Waals surface area contributed by atoms with Crippen LogP contribution in [0.1, 0.15) is 23.1 Å². The van der Waals surface area contributed by atoms with Crippen LogP contribution in [-0.4, -0.2) is 17.7 Å². The van der Waals surface area contributed by atoms with Gasteiger partial charge in [-0.1, -0.05) is 47.6 Å². The molecule has 0 saturated carbocycles. The van der Waals surface area contributed by atoms with E-state index in [4.69, 9.17) is 10.6 Å². The molecular weight excluding hydrogens is 309 g/mol. The third kappa shape index (κ3) is 3.60. The van der Waals surface area contributed by atoms with Crippen molar-refractivity contribution in [1.29, 1.82) is 0 Å². The van der Waals surface area contributed by atoms with Gasteiger partial charge in [0.05, 0.1) is 5.71 Å². The highest BCUT2D eigenvalue weighted by Gasteiger charge is 2.28. The van der Waals surface area contributed by atoms with Crippen LogP contribution in [0.5, 0.6) is 0 Å². The van der Waals surface area contributed by atoms with Gasteiger partial charge in [-0.05, 0) is 17.2 Å². The van der Waals surface area contributed by atoms with Gasteiger partial charge < -0.3 is 15.9 Å². The van der Waals surface area contributed by atoms with Gasteiger partial charge in [-0.15, -0.1) is 0 Å². The minimum absolute atomic E-state index is 0.0933. The highest BCUT2D eigenvalue weighted by atomic mass is 19.1. The Bertz CT molecular complexity index is 762. The quantitative estimate of drug-likeness (QED) is 0.883. The fourth-order valence-corrected chi connectivity index (χ4v) is 2.48. The second kappa shape index (κ2) is 7.23. The number of nitrogens with zero attached hydrogens (tertiary/aromatic N) is 1. The SMILES string of the molecule is NCc1ccc(CNC(=O)C2CC(c3ccccc3)=NO2)c(F)c1. The third-order valence-electron chi connectivity index (χ3n) is 3.87. The smallest absolute Gasteiger partial charge is 0.264 e. The molecular formula is C18H18FN3O2. The van der Waals surface area contributed by atoms with Crippen LogP contribution in [0, 0.1) is 5.82 Å². The van der Waals surface area contributed by atoms with Crippen LogP contribution in [-0.2, 0) is 22.7 Å². The second-order valence-corrected chi connectivity index (χ2v) is 5.55. The van der Waals surface area contributed by atoms with E-state index in [-0.39, 0.29) is 24.8 Å². The lowest BCUT2D eigenvalue weighted by atomic mass is 10.0. The van der Waals surface area contributed by atoms with Crippen LogP contribution in [0.15, 0.2) is 53.7 Å². The van der Waals surface area contributed by atoms with Gasteiger partial charge in [-0.25, -0.2) is 4.39 Å². The van der Waals surface area contributed by atoms with E-state index >= 15 is 0 Å². The number of carbonyl (C=O) groups is 1. The van der Waals surface area contributed by atoms with E-state index < -0.39 is 6.10 Å². The van der Waals surface area contributed by atoms with Crippen LogP contribution in [0.2, 0.25) is 0 Å². The molecule has 0 bridgehead atoms. The summed E-state index contributed by atoms with van der Waals surface area (Å²) in [5.41, 5.74) is 8.24. The van der Waals surface area contributed by atoms with Gasteiger partial charge in [0.25, 0.3) is 5.91 Å². The maximum absolute atomic E-state index is 13.9. The summed E-state index contributed by atoms with van der Waals surface area (Å²) in [5.74, 6) is -0.696. The highest BCUT2D eigenvalue weighted by Crippen LogP contribution is 2.17. The van der Waals surface area contributed by atoms with E-state index in [1.807, 2.05) is 30.3 Å². The molecule has 0 spiro atoms. The number of hydrogen-bond donors (Lipinski definition) is 2. The summed E-state index contributed by atoms with van der Waals surface area (Å²) in [6.07, 6.45) is -0.295. The average molecular weight is 327 g/mol. The molecule has 0 aromatic heterocycles. The van der Waals surface area contributed by atoms with Gasteiger partial charge >= 0.3 is 0 Å². The van der Waals surface area contributed by atoms with E-state index in [0.717, 1.165) is 11.3 Å². The molecule has 2 aromatic carbocycles. The van der Waals surface area contributed by atoms with Gasteiger partial charge in [0.1, 0.15) is 5.82 Å². The molecule has 5 nitrogen and oxygen atoms in total. The number of nitrogens with one attached hydrogen (secondary N) is 1. The molecule has 3 rings (SSSR count). The summed E-state index contributed by atoms with van der Waals surface area (Å²) in [6, 6.07) is 14.3. The molecule has 1 aliphatic rings. The lowest BCUT2D eigenvalue weighted by molar-refractivity contribution is -0.131. The fourth-order valence-electron chi connectivity index (χ4n) is 2.48. The lowest BCUT2D eigenvalue weighted by Crippen LogP contribution is -2.34. The molecule has 24 heavy (non-hydrogen) atoms. The van der Waals surface area contributed by atoms with Crippen molar-refractivity contribution in [2.75, 3.05) is 0 Å². The van der Waals surface area contributed by atoms with Crippen LogP contribution in [0.3, 0.4) is 0 Å². The van der Waals surface area contributed by atoms with Gasteiger partial charge in [0.2, 0.25) is 6.10 Å². The molecule has 6 heteroatoms. The first-order valence-corrected chi connectivity index (χ1v) is 7.70. The Morgan fingerprint density at radius 1 is 1.29 bits per heavy atom. The molecule has 1 aliphatic heterocycles. The molecule has 2 aromatic rings. The van der Waals surface area contributed by atoms with Gasteiger partial charge in [-0.2, -0.15) is 0 Å². The normalized spacial score (nSPS) is 16.4. The highest BCUT2D eigenvalue weighted by molar-refractivity contribution is 6.04. The minimum atomic E-state index is -0.688. The lowest BCUT2D eigenvalue weighted by Gasteiger charge is -2.10. The molecule has 0 aliphatic carbocycles. The van der Waals surface area contributed by atoms with Crippen molar-refractivity contribution in [3.63, 3.8) is 0 Å². The molecule has 1 unspecified atom stereocenters. The van der Waals surface area contributed by atoms with E-state index in [1.165, 1.54) is 6.07 Å². The first kappa shape index (κ1) is 16.1. The zero-order valence-corrected chi connectivity index (χ0v) is 13.0. The summed E-state index contributed by atoms with van der Waals surface area (Å²) in [5, 5.41) is 6.65. The van der Waals surface area contributed by atoms with E-state index in [0.29, 0.717) is 17.5 Å². The summed E-state index contributed by atoms with van der Waals surface area (Å²) < 4.78 is 13.9. The first-order chi connectivity index (χ1) is 11.7. The Morgan fingerprint density at radius 2 is 2.08 bits per heavy atom. The van der Waals surface area contributed by atoms with Crippen LogP contribution < -0.4 is 11.1 Å². The van der Waals surface area contributed by atoms with Crippen molar-refractivity contribution in [3.8, 4) is 0 Å². The molecule has 124 valence electrons. The molecule has 0 radical (unpaired) electrons. The number of nitrogens with two attached hydrogens (primary N) is 1. The standard InChI is InChI=1S/C18H18FN3O2/c19-15-8-12(10-20)6-7-14(15)11-21-18(23)17-9-16(22-24-17)13-4-2-1-3-5-13/h1-8,17H,9-11,20H2,(H,21,23). The fraction of sp³-hybridized carbons (Fsp3) is 0.222. The van der Waals surface area contributed by atoms with Crippen molar-refractivity contribution in [1.82, 2.24) is 5.32 Å². The predicted molar refractivity (Wildman–Crippen MR) is 88.6 cm³/mol. The summed E-state index contributed by atoms with van der Waals surface area (Å²) in [6.45, 7) is 0.370. The third-order valence-corrected chi connectivity index (χ3v) is 3.87. The van der Waals surface area contributed by atoms with Crippen molar-refractivity contribution in [2.24, 2.45) is 10.9 Å². The van der Waals surface area contributed by atoms with E-state index in [2.05, 4.69) is 10.5 Å². The monoisotopic (exact) mass is 327 g/mol. The number of benzene rings is 2. The van der Waals surface area contributed by atoms with Crippen LogP contribution >= 0.6 is 0 Å². The second-order valence-electron chi connectivity index (χ2n) is 5.55. The molecule has 1 heterocycles. The number of carbonyl (C=O) groups excluding carboxylic acids is 1. The number of amides is 1. The van der Waals surface area contributed by atoms with Crippen LogP contribution in [0.4, 0.5) is 4.39 Å². The number of halogens is 1. The van der Waals surface area contributed by atoms with Crippen LogP contribution in [0.25, 0.3) is 0 Å². The minimum Gasteiger partial charge on any atom is -0.382 e. The maximum atomic E-state index is 13.9. The average Bonchev–Trinajstić information content (AvgIpc) is 3.11. The Hall–Kier alpha value is -2.73. The van der Waals surface area contributed by atoms with Crippen molar-refractivity contribution in [2.45, 2.75) is 25.6 Å². The zero-order valence-electron chi connectivity index (χ0n) is 13.0. The predicted octanol–water partition coefficient (Wildman–Crippen LogP) is 2.09. The van der Waals surface area contributed by atoms with Crippen molar-refractivity contribution >= 4 is 11.6 Å². The van der Waals surface area contributed by atoms with E-state index in [9.17, 15) is 9.18 Å². The van der Waals surface area contributed by atoms with Crippen molar-refractivity contribution < 1.29 is 14.0 Å². The zero-order chi connectivity index (χ0) is 16.9. The molecule has 0 fully saturated rings. The summed E-state index contributed by atoms with van der Waals surface area (Å²) in [4.78, 5) is 17.4. The summed E-state index contributed by atoms with van der Waals surface area (Å²) >= 11 is 0. The Labute approximate surface area is 139 Å². The van der Waals surface area contributed by atoms with E-state index in [1.54, 1.807) is 12.1 Å². The number of oxime groups is 1. The topological polar surface area (TPSA) is 76.7 Å². The largest absolute Gasteiger partial charge is 0.382 e. The van der Waals surface area contributed by atoms with Gasteiger partial charge in [-0.3, -0.25) is 4.79 Å². The first-order valence-electron chi connectivity index (χ1n) is 7.70.